The monoisotopic (exact) mass is 380 g/mol. The second kappa shape index (κ2) is 8.18. The Labute approximate surface area is 161 Å². The average Bonchev–Trinajstić information content (AvgIpc) is 3.05. The third kappa shape index (κ3) is 4.09. The minimum absolute atomic E-state index is 0.381. The van der Waals surface area contributed by atoms with Crippen molar-refractivity contribution in [1.82, 2.24) is 0 Å². The predicted molar refractivity (Wildman–Crippen MR) is 109 cm³/mol. The first-order valence-electron chi connectivity index (χ1n) is 8.61. The van der Waals surface area contributed by atoms with Gasteiger partial charge < -0.3 is 9.47 Å². The molecular weight excluding hydrogens is 360 g/mol. The highest BCUT2D eigenvalue weighted by Gasteiger charge is 2.13. The molecule has 0 fully saturated rings. The van der Waals surface area contributed by atoms with Crippen LogP contribution in [0.5, 0.6) is 5.75 Å². The maximum absolute atomic E-state index is 11.5. The van der Waals surface area contributed by atoms with Crippen LogP contribution in [0, 0.1) is 6.92 Å². The molecule has 0 aliphatic rings. The molecule has 3 rings (SSSR count). The molecule has 0 bridgehead atoms. The van der Waals surface area contributed by atoms with Gasteiger partial charge in [-0.1, -0.05) is 25.3 Å². The van der Waals surface area contributed by atoms with Gasteiger partial charge in [0.2, 0.25) is 0 Å². The largest absolute Gasteiger partial charge is 0.463 e. The molecule has 1 aromatic heterocycles. The molecule has 0 atom stereocenters. The van der Waals surface area contributed by atoms with Crippen molar-refractivity contribution in [2.24, 2.45) is 0 Å². The summed E-state index contributed by atoms with van der Waals surface area (Å²) in [6.45, 7) is 9.15. The van der Waals surface area contributed by atoms with E-state index >= 15 is 0 Å². The number of aryl methyl sites for hydroxylation is 2. The van der Waals surface area contributed by atoms with Crippen LogP contribution in [-0.2, 0) is 20.7 Å². The van der Waals surface area contributed by atoms with E-state index in [1.54, 1.807) is 11.3 Å². The summed E-state index contributed by atoms with van der Waals surface area (Å²) in [5.41, 5.74) is 2.14. The number of hydrogen-bond donors (Lipinski definition) is 0. The van der Waals surface area contributed by atoms with Crippen LogP contribution in [0.25, 0.3) is 20.2 Å². The van der Waals surface area contributed by atoms with E-state index in [2.05, 4.69) is 31.4 Å². The lowest BCUT2D eigenvalue weighted by molar-refractivity contribution is -0.137. The summed E-state index contributed by atoms with van der Waals surface area (Å²) in [5.74, 6) is -0.292. The lowest BCUT2D eigenvalue weighted by Gasteiger charge is -2.06. The van der Waals surface area contributed by atoms with Crippen LogP contribution in [0.4, 0.5) is 0 Å². The number of ether oxygens (including phenoxy) is 2. The Morgan fingerprint density at radius 1 is 1.07 bits per heavy atom. The number of thiophene rings is 1. The van der Waals surface area contributed by atoms with Crippen LogP contribution < -0.4 is 4.74 Å². The maximum Gasteiger partial charge on any atom is 0.335 e. The predicted octanol–water partition coefficient (Wildman–Crippen LogP) is 5.12. The zero-order chi connectivity index (χ0) is 19.4. The highest BCUT2D eigenvalue weighted by molar-refractivity contribution is 7.26. The summed E-state index contributed by atoms with van der Waals surface area (Å²) in [5, 5.41) is 2.33. The Morgan fingerprint density at radius 2 is 1.81 bits per heavy atom. The molecule has 0 spiro atoms. The van der Waals surface area contributed by atoms with E-state index in [1.807, 2.05) is 19.1 Å². The van der Waals surface area contributed by atoms with E-state index in [1.165, 1.54) is 21.7 Å². The van der Waals surface area contributed by atoms with Crippen molar-refractivity contribution >= 4 is 43.4 Å². The smallest absolute Gasteiger partial charge is 0.335 e. The van der Waals surface area contributed by atoms with Gasteiger partial charge >= 0.3 is 11.9 Å². The molecule has 2 aromatic carbocycles. The number of carbonyl (C=O) groups excluding carboxylic acids is 2. The van der Waals surface area contributed by atoms with Crippen molar-refractivity contribution in [2.45, 2.75) is 19.8 Å². The fraction of sp³-hybridized carbons (Fsp3) is 0.182. The van der Waals surface area contributed by atoms with Gasteiger partial charge in [-0.15, -0.1) is 11.3 Å². The van der Waals surface area contributed by atoms with Gasteiger partial charge in [-0.25, -0.2) is 9.59 Å². The van der Waals surface area contributed by atoms with E-state index < -0.39 is 11.9 Å². The normalized spacial score (nSPS) is 10.7. The molecule has 5 heteroatoms. The molecule has 0 radical (unpaired) electrons. The number of hydrogen-bond acceptors (Lipinski definition) is 5. The standard InChI is InChI=1S/C22H20O4S/c1-4-20(23)25-12-6-7-15-8-9-16-17-10-11-18(26-21(24)5-2)14(3)22(17)27-19(16)13-15/h4-5,8-11,13H,1-2,6-7,12H2,3H3. The molecular formula is C22H20O4S. The fourth-order valence-electron chi connectivity index (χ4n) is 2.92. The second-order valence-electron chi connectivity index (χ2n) is 6.10. The highest BCUT2D eigenvalue weighted by atomic mass is 32.1. The Balaban J connectivity index is 1.84. The lowest BCUT2D eigenvalue weighted by atomic mass is 10.1. The highest BCUT2D eigenvalue weighted by Crippen LogP contribution is 2.39. The van der Waals surface area contributed by atoms with Gasteiger partial charge in [-0.3, -0.25) is 0 Å². The number of fused-ring (bicyclic) bond motifs is 3. The van der Waals surface area contributed by atoms with Gasteiger partial charge in [0.25, 0.3) is 0 Å². The number of benzene rings is 2. The second-order valence-corrected chi connectivity index (χ2v) is 7.15. The molecule has 0 amide bonds. The third-order valence-electron chi connectivity index (χ3n) is 4.30. The van der Waals surface area contributed by atoms with Gasteiger partial charge in [0.1, 0.15) is 5.75 Å². The Bertz CT molecular complexity index is 1050. The average molecular weight is 380 g/mol. The first-order valence-corrected chi connectivity index (χ1v) is 9.43. The van der Waals surface area contributed by atoms with Gasteiger partial charge in [0.15, 0.2) is 0 Å². The van der Waals surface area contributed by atoms with E-state index in [-0.39, 0.29) is 0 Å². The van der Waals surface area contributed by atoms with Gasteiger partial charge in [0.05, 0.1) is 6.61 Å². The number of carbonyl (C=O) groups is 2. The molecule has 3 aromatic rings. The molecule has 0 saturated carbocycles. The van der Waals surface area contributed by atoms with Crippen molar-refractivity contribution in [3.8, 4) is 5.75 Å². The molecule has 0 unspecified atom stereocenters. The quantitative estimate of drug-likeness (QED) is 0.247. The lowest BCUT2D eigenvalue weighted by Crippen LogP contribution is -2.04. The summed E-state index contributed by atoms with van der Waals surface area (Å²) in [6.07, 6.45) is 3.92. The van der Waals surface area contributed by atoms with Crippen molar-refractivity contribution in [3.05, 3.63) is 66.8 Å². The molecule has 4 nitrogen and oxygen atoms in total. The molecule has 0 aliphatic heterocycles. The minimum atomic E-state index is -0.460. The number of rotatable bonds is 7. The summed E-state index contributed by atoms with van der Waals surface area (Å²) in [7, 11) is 0. The summed E-state index contributed by atoms with van der Waals surface area (Å²) in [4.78, 5) is 22.6. The Hall–Kier alpha value is -2.92. The van der Waals surface area contributed by atoms with Crippen molar-refractivity contribution in [2.75, 3.05) is 6.61 Å². The molecule has 27 heavy (non-hydrogen) atoms. The maximum atomic E-state index is 11.5. The fourth-order valence-corrected chi connectivity index (χ4v) is 4.18. The molecule has 138 valence electrons. The molecule has 0 N–H and O–H groups in total. The molecule has 1 heterocycles. The van der Waals surface area contributed by atoms with E-state index in [0.29, 0.717) is 12.4 Å². The van der Waals surface area contributed by atoms with Crippen LogP contribution in [0.15, 0.2) is 55.6 Å². The topological polar surface area (TPSA) is 52.6 Å². The summed E-state index contributed by atoms with van der Waals surface area (Å²) >= 11 is 1.68. The Kier molecular flexibility index (Phi) is 5.72. The third-order valence-corrected chi connectivity index (χ3v) is 5.59. The van der Waals surface area contributed by atoms with Crippen molar-refractivity contribution < 1.29 is 19.1 Å². The van der Waals surface area contributed by atoms with E-state index in [0.717, 1.165) is 34.6 Å². The zero-order valence-corrected chi connectivity index (χ0v) is 15.9. The van der Waals surface area contributed by atoms with Crippen molar-refractivity contribution in [3.63, 3.8) is 0 Å². The van der Waals surface area contributed by atoms with Crippen molar-refractivity contribution in [1.29, 1.82) is 0 Å². The van der Waals surface area contributed by atoms with E-state index in [4.69, 9.17) is 9.47 Å². The Morgan fingerprint density at radius 3 is 2.56 bits per heavy atom. The van der Waals surface area contributed by atoms with E-state index in [9.17, 15) is 9.59 Å². The van der Waals surface area contributed by atoms with Gasteiger partial charge in [0, 0.05) is 37.9 Å². The van der Waals surface area contributed by atoms with Crippen LogP contribution in [0.1, 0.15) is 17.5 Å². The SMILES string of the molecule is C=CC(=O)OCCCc1ccc2c(c1)sc1c(C)c(OC(=O)C=C)ccc12. The number of esters is 2. The molecule has 0 saturated heterocycles. The van der Waals surface area contributed by atoms with Gasteiger partial charge in [-0.05, 0) is 43.5 Å². The first kappa shape index (κ1) is 18.9. The van der Waals surface area contributed by atoms with Crippen LogP contribution in [0.3, 0.4) is 0 Å². The molecule has 0 aliphatic carbocycles. The van der Waals surface area contributed by atoms with Crippen LogP contribution in [-0.4, -0.2) is 18.5 Å². The minimum Gasteiger partial charge on any atom is -0.463 e. The summed E-state index contributed by atoms with van der Waals surface area (Å²) < 4.78 is 12.6. The zero-order valence-electron chi connectivity index (χ0n) is 15.1. The summed E-state index contributed by atoms with van der Waals surface area (Å²) in [6, 6.07) is 10.2. The van der Waals surface area contributed by atoms with Crippen LogP contribution in [0.2, 0.25) is 0 Å². The van der Waals surface area contributed by atoms with Crippen LogP contribution >= 0.6 is 11.3 Å². The first-order chi connectivity index (χ1) is 13.0. The van der Waals surface area contributed by atoms with Gasteiger partial charge in [-0.2, -0.15) is 0 Å².